The minimum absolute atomic E-state index is 0.248. The van der Waals surface area contributed by atoms with E-state index >= 15 is 0 Å². The average Bonchev–Trinajstić information content (AvgIpc) is 3.30. The molecule has 0 saturated heterocycles. The maximum Gasteiger partial charge on any atom is 0.170 e. The number of pyridine rings is 1. The Labute approximate surface area is 216 Å². The molecule has 1 aromatic carbocycles. The molecule has 4 rings (SSSR count). The fraction of sp³-hybridized carbons (Fsp3) is 0.346. The smallest absolute Gasteiger partial charge is 0.170 e. The summed E-state index contributed by atoms with van der Waals surface area (Å²) in [6.07, 6.45) is 5.78. The zero-order valence-electron chi connectivity index (χ0n) is 21.5. The largest absolute Gasteiger partial charge is 0.495 e. The van der Waals surface area contributed by atoms with Crippen molar-refractivity contribution in [1.82, 2.24) is 29.7 Å². The van der Waals surface area contributed by atoms with Crippen LogP contribution in [0, 0.1) is 13.8 Å². The van der Waals surface area contributed by atoms with Gasteiger partial charge in [0.25, 0.3) is 0 Å². The number of rotatable bonds is 10. The number of nitrogens with zero attached hydrogens (tertiary/aromatic N) is 6. The van der Waals surface area contributed by atoms with Crippen LogP contribution in [0.3, 0.4) is 0 Å². The summed E-state index contributed by atoms with van der Waals surface area (Å²) in [6.45, 7) is 7.51. The maximum absolute atomic E-state index is 13.8. The molecule has 0 unspecified atom stereocenters. The molecule has 0 N–H and O–H groups in total. The Morgan fingerprint density at radius 3 is 2.43 bits per heavy atom. The number of methoxy groups -OCH3 is 1. The molecule has 3 heterocycles. The quantitative estimate of drug-likeness (QED) is 0.306. The van der Waals surface area contributed by atoms with Crippen LogP contribution >= 0.6 is 0 Å². The van der Waals surface area contributed by atoms with Gasteiger partial charge in [-0.25, -0.2) is 18.4 Å². The lowest BCUT2D eigenvalue weighted by atomic mass is 10.1. The fourth-order valence-corrected chi connectivity index (χ4v) is 5.45. The Morgan fingerprint density at radius 2 is 1.78 bits per heavy atom. The lowest BCUT2D eigenvalue weighted by Gasteiger charge is -2.23. The van der Waals surface area contributed by atoms with E-state index in [-0.39, 0.29) is 11.6 Å². The molecule has 0 aliphatic carbocycles. The first kappa shape index (κ1) is 26.4. The van der Waals surface area contributed by atoms with Crippen molar-refractivity contribution in [1.29, 1.82) is 0 Å². The van der Waals surface area contributed by atoms with Crippen molar-refractivity contribution in [2.24, 2.45) is 0 Å². The molecule has 11 heteroatoms. The molecule has 0 radical (unpaired) electrons. The van der Waals surface area contributed by atoms with Crippen LogP contribution in [0.15, 0.2) is 55.1 Å². The number of aromatic nitrogens is 6. The minimum Gasteiger partial charge on any atom is -0.495 e. The molecular weight excluding hydrogens is 492 g/mol. The highest BCUT2D eigenvalue weighted by Crippen LogP contribution is 2.33. The first-order valence-corrected chi connectivity index (χ1v) is 13.6. The van der Waals surface area contributed by atoms with Gasteiger partial charge in [-0.15, -0.1) is 10.2 Å². The number of sulfone groups is 1. The summed E-state index contributed by atoms with van der Waals surface area (Å²) in [4.78, 5) is 12.8. The molecule has 0 spiro atoms. The molecule has 4 aromatic rings. The van der Waals surface area contributed by atoms with Gasteiger partial charge in [-0.2, -0.15) is 0 Å². The number of aryl methyl sites for hydroxylation is 2. The van der Waals surface area contributed by atoms with Gasteiger partial charge in [-0.1, -0.05) is 12.1 Å². The third kappa shape index (κ3) is 5.52. The van der Waals surface area contributed by atoms with E-state index in [0.717, 1.165) is 11.1 Å². The van der Waals surface area contributed by atoms with Crippen LogP contribution in [0.4, 0.5) is 0 Å². The summed E-state index contributed by atoms with van der Waals surface area (Å²) in [5.41, 5.74) is 3.10. The highest BCUT2D eigenvalue weighted by atomic mass is 32.2. The second-order valence-corrected chi connectivity index (χ2v) is 11.0. The first-order chi connectivity index (χ1) is 17.8. The Hall–Kier alpha value is -3.70. The third-order valence-electron chi connectivity index (χ3n) is 6.02. The van der Waals surface area contributed by atoms with Crippen molar-refractivity contribution >= 4 is 9.84 Å². The monoisotopic (exact) mass is 522 g/mol. The van der Waals surface area contributed by atoms with Crippen LogP contribution < -0.4 is 4.74 Å². The summed E-state index contributed by atoms with van der Waals surface area (Å²) in [7, 11) is -2.24. The molecule has 3 aromatic heterocycles. The van der Waals surface area contributed by atoms with Gasteiger partial charge in [0.15, 0.2) is 27.3 Å². The Bertz CT molecular complexity index is 1460. The number of hydrogen-bond donors (Lipinski definition) is 0. The topological polar surface area (TPSA) is 122 Å². The fourth-order valence-electron chi connectivity index (χ4n) is 4.06. The van der Waals surface area contributed by atoms with E-state index in [9.17, 15) is 8.42 Å². The Balaban J connectivity index is 1.80. The first-order valence-electron chi connectivity index (χ1n) is 11.9. The lowest BCUT2D eigenvalue weighted by Crippen LogP contribution is -2.30. The Morgan fingerprint density at radius 1 is 1.03 bits per heavy atom. The molecule has 2 atom stereocenters. The molecule has 0 fully saturated rings. The molecule has 37 heavy (non-hydrogen) atoms. The van der Waals surface area contributed by atoms with Crippen LogP contribution in [0.1, 0.15) is 42.7 Å². The summed E-state index contributed by atoms with van der Waals surface area (Å²) < 4.78 is 40.7. The van der Waals surface area contributed by atoms with Crippen molar-refractivity contribution in [3.05, 3.63) is 77.9 Å². The van der Waals surface area contributed by atoms with E-state index in [1.165, 1.54) is 0 Å². The average molecular weight is 523 g/mol. The van der Waals surface area contributed by atoms with Gasteiger partial charge in [-0.3, -0.25) is 9.55 Å². The highest BCUT2D eigenvalue weighted by molar-refractivity contribution is 7.91. The molecule has 0 bridgehead atoms. The molecule has 0 aliphatic heterocycles. The zero-order chi connectivity index (χ0) is 26.6. The third-order valence-corrected chi connectivity index (χ3v) is 8.06. The van der Waals surface area contributed by atoms with Gasteiger partial charge in [0, 0.05) is 37.0 Å². The summed E-state index contributed by atoms with van der Waals surface area (Å²) in [5.74, 6) is 1.22. The highest BCUT2D eigenvalue weighted by Gasteiger charge is 2.35. The normalized spacial score (nSPS) is 13.3. The molecule has 0 aliphatic rings. The second kappa shape index (κ2) is 11.1. The number of benzene rings is 1. The van der Waals surface area contributed by atoms with Crippen LogP contribution in [0.5, 0.6) is 5.75 Å². The van der Waals surface area contributed by atoms with Gasteiger partial charge < -0.3 is 9.47 Å². The molecule has 194 valence electrons. The van der Waals surface area contributed by atoms with Crippen LogP contribution in [-0.4, -0.2) is 57.1 Å². The van der Waals surface area contributed by atoms with E-state index in [1.54, 1.807) is 49.5 Å². The van der Waals surface area contributed by atoms with Gasteiger partial charge in [0.1, 0.15) is 17.6 Å². The second-order valence-electron chi connectivity index (χ2n) is 8.65. The van der Waals surface area contributed by atoms with Crippen molar-refractivity contribution in [3.63, 3.8) is 0 Å². The number of ether oxygens (including phenoxy) is 2. The van der Waals surface area contributed by atoms with Crippen LogP contribution in [-0.2, 0) is 20.3 Å². The van der Waals surface area contributed by atoms with Gasteiger partial charge >= 0.3 is 0 Å². The van der Waals surface area contributed by atoms with E-state index < -0.39 is 21.2 Å². The van der Waals surface area contributed by atoms with Crippen LogP contribution in [0.2, 0.25) is 0 Å². The summed E-state index contributed by atoms with van der Waals surface area (Å²) in [5, 5.41) is 7.75. The van der Waals surface area contributed by atoms with Gasteiger partial charge in [0.2, 0.25) is 0 Å². The zero-order valence-corrected chi connectivity index (χ0v) is 22.3. The van der Waals surface area contributed by atoms with Crippen molar-refractivity contribution in [3.8, 4) is 22.8 Å². The SMILES string of the molecule is CCO[C@H](c1ncc(C)cn1)[C@H](C)S(=O)(=O)Cc1nnc(-c2cccnc2)n1-c1c(C)cccc1OC. The van der Waals surface area contributed by atoms with Gasteiger partial charge in [0.05, 0.1) is 18.0 Å². The number of para-hydroxylation sites is 1. The van der Waals surface area contributed by atoms with E-state index in [0.29, 0.717) is 35.3 Å². The van der Waals surface area contributed by atoms with E-state index in [1.807, 2.05) is 45.0 Å². The lowest BCUT2D eigenvalue weighted by molar-refractivity contribution is 0.0556. The number of hydrogen-bond acceptors (Lipinski definition) is 9. The maximum atomic E-state index is 13.8. The van der Waals surface area contributed by atoms with E-state index in [4.69, 9.17) is 9.47 Å². The van der Waals surface area contributed by atoms with Gasteiger partial charge in [-0.05, 0) is 57.0 Å². The molecular formula is C26H30N6O4S. The van der Waals surface area contributed by atoms with Crippen molar-refractivity contribution in [2.75, 3.05) is 13.7 Å². The van der Waals surface area contributed by atoms with E-state index in [2.05, 4.69) is 25.1 Å². The van der Waals surface area contributed by atoms with Crippen molar-refractivity contribution in [2.45, 2.75) is 44.8 Å². The molecule has 0 amide bonds. The predicted molar refractivity (Wildman–Crippen MR) is 139 cm³/mol. The standard InChI is InChI=1S/C26H30N6O4S/c1-6-36-24(25-28-13-17(2)14-29-25)19(4)37(33,34)16-22-30-31-26(20-10-8-12-27-15-20)32(22)23-18(3)9-7-11-21(23)35-5/h7-15,19,24H,6,16H2,1-5H3/t19-,24-/m0/s1. The molecule has 0 saturated carbocycles. The molecule has 10 nitrogen and oxygen atoms in total. The predicted octanol–water partition coefficient (Wildman–Crippen LogP) is 3.83. The van der Waals surface area contributed by atoms with Crippen LogP contribution in [0.25, 0.3) is 17.1 Å². The minimum atomic E-state index is -3.81. The van der Waals surface area contributed by atoms with Crippen molar-refractivity contribution < 1.29 is 17.9 Å². The summed E-state index contributed by atoms with van der Waals surface area (Å²) in [6, 6.07) is 9.25. The summed E-state index contributed by atoms with van der Waals surface area (Å²) >= 11 is 0. The Kier molecular flexibility index (Phi) is 7.94.